The van der Waals surface area contributed by atoms with Gasteiger partial charge in [-0.3, -0.25) is 4.79 Å². The first-order valence-corrected chi connectivity index (χ1v) is 12.6. The molecular weight excluding hydrogens is 456 g/mol. The predicted octanol–water partition coefficient (Wildman–Crippen LogP) is 3.58. The van der Waals surface area contributed by atoms with Crippen molar-refractivity contribution in [2.75, 3.05) is 38.8 Å². The Morgan fingerprint density at radius 2 is 1.78 bits per heavy atom. The van der Waals surface area contributed by atoms with Crippen LogP contribution in [0.15, 0.2) is 30.6 Å². The van der Waals surface area contributed by atoms with E-state index in [-0.39, 0.29) is 5.91 Å². The number of aryl methyl sites for hydroxylation is 1. The zero-order valence-electron chi connectivity index (χ0n) is 21.7. The van der Waals surface area contributed by atoms with Gasteiger partial charge < -0.3 is 19.7 Å². The van der Waals surface area contributed by atoms with Crippen LogP contribution in [-0.4, -0.2) is 59.5 Å². The molecule has 2 aromatic heterocycles. The number of carbonyl (C=O) groups excluding carboxylic acids is 1. The molecule has 1 amide bonds. The number of nitrogens with zero attached hydrogens (tertiary/aromatic N) is 5. The van der Waals surface area contributed by atoms with Gasteiger partial charge in [0.15, 0.2) is 5.82 Å². The third kappa shape index (κ3) is 5.95. The molecule has 1 fully saturated rings. The van der Waals surface area contributed by atoms with E-state index < -0.39 is 0 Å². The summed E-state index contributed by atoms with van der Waals surface area (Å²) in [6.45, 7) is 6.60. The number of anilines is 1. The molecule has 1 saturated heterocycles. The Morgan fingerprint density at radius 3 is 2.53 bits per heavy atom. The molecule has 0 radical (unpaired) electrons. The number of benzene rings is 1. The summed E-state index contributed by atoms with van der Waals surface area (Å²) in [5.41, 5.74) is 4.00. The molecule has 4 rings (SSSR count). The zero-order chi connectivity index (χ0) is 25.5. The summed E-state index contributed by atoms with van der Waals surface area (Å²) >= 11 is 0. The Bertz CT molecular complexity index is 1190. The van der Waals surface area contributed by atoms with Crippen molar-refractivity contribution in [3.05, 3.63) is 53.1 Å². The van der Waals surface area contributed by atoms with E-state index in [4.69, 9.17) is 14.6 Å². The Balaban J connectivity index is 1.35. The lowest BCUT2D eigenvalue weighted by molar-refractivity contribution is -0.121. The molecule has 1 aromatic carbocycles. The average Bonchev–Trinajstić information content (AvgIpc) is 3.20. The van der Waals surface area contributed by atoms with Crippen LogP contribution in [0.5, 0.6) is 11.5 Å². The molecule has 36 heavy (non-hydrogen) atoms. The molecule has 1 aliphatic rings. The highest BCUT2D eigenvalue weighted by molar-refractivity contribution is 5.76. The van der Waals surface area contributed by atoms with E-state index in [9.17, 15) is 4.79 Å². The quantitative estimate of drug-likeness (QED) is 0.462. The summed E-state index contributed by atoms with van der Waals surface area (Å²) in [7, 11) is 3.28. The number of amides is 1. The highest BCUT2D eigenvalue weighted by atomic mass is 16.5. The Morgan fingerprint density at radius 1 is 1.00 bits per heavy atom. The second kappa shape index (κ2) is 11.9. The monoisotopic (exact) mass is 492 g/mol. The van der Waals surface area contributed by atoms with Crippen LogP contribution in [0.3, 0.4) is 0 Å². The summed E-state index contributed by atoms with van der Waals surface area (Å²) in [4.78, 5) is 23.9. The number of rotatable bonds is 10. The van der Waals surface area contributed by atoms with Crippen molar-refractivity contribution < 1.29 is 14.3 Å². The molecule has 3 aromatic rings. The molecule has 9 heteroatoms. The lowest BCUT2D eigenvalue weighted by atomic mass is 10.1. The van der Waals surface area contributed by atoms with Crippen molar-refractivity contribution in [2.45, 2.75) is 52.4 Å². The van der Waals surface area contributed by atoms with Gasteiger partial charge in [-0.25, -0.2) is 14.6 Å². The minimum Gasteiger partial charge on any atom is -0.497 e. The number of piperidine rings is 1. The van der Waals surface area contributed by atoms with Crippen LogP contribution in [0, 0.1) is 13.8 Å². The highest BCUT2D eigenvalue weighted by Crippen LogP contribution is 2.25. The minimum atomic E-state index is 0.0119. The third-order valence-electron chi connectivity index (χ3n) is 6.78. The van der Waals surface area contributed by atoms with Gasteiger partial charge in [0.05, 0.1) is 19.9 Å². The van der Waals surface area contributed by atoms with E-state index in [1.807, 2.05) is 42.8 Å². The number of aromatic nitrogens is 4. The van der Waals surface area contributed by atoms with E-state index in [0.717, 1.165) is 58.7 Å². The zero-order valence-corrected chi connectivity index (χ0v) is 21.7. The summed E-state index contributed by atoms with van der Waals surface area (Å²) < 4.78 is 12.6. The predicted molar refractivity (Wildman–Crippen MR) is 139 cm³/mol. The Labute approximate surface area is 212 Å². The SMILES string of the molecule is COc1ccc(OC)c(CCNC(=O)CCc2c(C)nn(-c3cc(N4CCCCC4)ncn3)c2C)c1. The Hall–Kier alpha value is -3.62. The highest BCUT2D eigenvalue weighted by Gasteiger charge is 2.18. The second-order valence-electron chi connectivity index (χ2n) is 9.12. The summed E-state index contributed by atoms with van der Waals surface area (Å²) in [5, 5.41) is 7.76. The first kappa shape index (κ1) is 25.5. The maximum absolute atomic E-state index is 12.6. The molecule has 0 unspecified atom stereocenters. The van der Waals surface area contributed by atoms with Gasteiger partial charge in [-0.15, -0.1) is 0 Å². The summed E-state index contributed by atoms with van der Waals surface area (Å²) in [6.07, 6.45) is 6.95. The van der Waals surface area contributed by atoms with Crippen molar-refractivity contribution in [3.8, 4) is 17.3 Å². The van der Waals surface area contributed by atoms with Crippen LogP contribution in [-0.2, 0) is 17.6 Å². The fraction of sp³-hybridized carbons (Fsp3) is 0.481. The smallest absolute Gasteiger partial charge is 0.220 e. The van der Waals surface area contributed by atoms with E-state index in [1.54, 1.807) is 20.5 Å². The van der Waals surface area contributed by atoms with Crippen LogP contribution in [0.4, 0.5) is 5.82 Å². The molecule has 1 N–H and O–H groups in total. The maximum atomic E-state index is 12.6. The summed E-state index contributed by atoms with van der Waals surface area (Å²) in [5.74, 6) is 3.27. The lowest BCUT2D eigenvalue weighted by Gasteiger charge is -2.27. The molecular formula is C27H36N6O3. The van der Waals surface area contributed by atoms with Crippen LogP contribution >= 0.6 is 0 Å². The van der Waals surface area contributed by atoms with Crippen molar-refractivity contribution in [2.24, 2.45) is 0 Å². The number of nitrogens with one attached hydrogen (secondary N) is 1. The van der Waals surface area contributed by atoms with Gasteiger partial charge in [0, 0.05) is 37.8 Å². The van der Waals surface area contributed by atoms with Crippen LogP contribution in [0.25, 0.3) is 5.82 Å². The number of carbonyl (C=O) groups is 1. The van der Waals surface area contributed by atoms with Gasteiger partial charge in [-0.2, -0.15) is 5.10 Å². The Kier molecular flexibility index (Phi) is 8.40. The van der Waals surface area contributed by atoms with Gasteiger partial charge >= 0.3 is 0 Å². The largest absolute Gasteiger partial charge is 0.497 e. The number of hydrogen-bond donors (Lipinski definition) is 1. The van der Waals surface area contributed by atoms with E-state index >= 15 is 0 Å². The molecule has 0 spiro atoms. The first-order chi connectivity index (χ1) is 17.5. The normalized spacial score (nSPS) is 13.5. The fourth-order valence-corrected chi connectivity index (χ4v) is 4.75. The van der Waals surface area contributed by atoms with Crippen LogP contribution < -0.4 is 19.7 Å². The van der Waals surface area contributed by atoms with E-state index in [1.165, 1.54) is 19.3 Å². The van der Waals surface area contributed by atoms with Crippen molar-refractivity contribution in [1.82, 2.24) is 25.1 Å². The molecule has 0 aliphatic carbocycles. The number of hydrogen-bond acceptors (Lipinski definition) is 7. The fourth-order valence-electron chi connectivity index (χ4n) is 4.75. The second-order valence-corrected chi connectivity index (χ2v) is 9.12. The number of methoxy groups -OCH3 is 2. The van der Waals surface area contributed by atoms with Crippen molar-refractivity contribution in [3.63, 3.8) is 0 Å². The van der Waals surface area contributed by atoms with Gasteiger partial charge in [-0.05, 0) is 75.3 Å². The maximum Gasteiger partial charge on any atom is 0.220 e. The lowest BCUT2D eigenvalue weighted by Crippen LogP contribution is -2.30. The molecule has 192 valence electrons. The molecule has 0 bridgehead atoms. The summed E-state index contributed by atoms with van der Waals surface area (Å²) in [6, 6.07) is 7.69. The van der Waals surface area contributed by atoms with Crippen LogP contribution in [0.1, 0.15) is 48.2 Å². The van der Waals surface area contributed by atoms with E-state index in [2.05, 4.69) is 20.2 Å². The number of ether oxygens (including phenoxy) is 2. The van der Waals surface area contributed by atoms with Gasteiger partial charge in [-0.1, -0.05) is 0 Å². The molecule has 0 atom stereocenters. The van der Waals surface area contributed by atoms with Gasteiger partial charge in [0.1, 0.15) is 23.6 Å². The van der Waals surface area contributed by atoms with E-state index in [0.29, 0.717) is 25.8 Å². The van der Waals surface area contributed by atoms with Crippen molar-refractivity contribution in [1.29, 1.82) is 0 Å². The third-order valence-corrected chi connectivity index (χ3v) is 6.78. The first-order valence-electron chi connectivity index (χ1n) is 12.6. The molecule has 0 saturated carbocycles. The molecule has 3 heterocycles. The van der Waals surface area contributed by atoms with Gasteiger partial charge in [0.25, 0.3) is 0 Å². The minimum absolute atomic E-state index is 0.0119. The average molecular weight is 493 g/mol. The standard InChI is InChI=1S/C27H36N6O3/c1-19-23(9-11-27(34)28-13-12-21-16-22(35-3)8-10-24(21)36-4)20(2)33(31-19)26-17-25(29-18-30-26)32-14-6-5-7-15-32/h8,10,16-18H,5-7,9,11-15H2,1-4H3,(H,28,34). The van der Waals surface area contributed by atoms with Crippen molar-refractivity contribution >= 4 is 11.7 Å². The molecule has 9 nitrogen and oxygen atoms in total. The molecule has 1 aliphatic heterocycles. The van der Waals surface area contributed by atoms with Gasteiger partial charge in [0.2, 0.25) is 5.91 Å². The van der Waals surface area contributed by atoms with Crippen LogP contribution in [0.2, 0.25) is 0 Å². The topological polar surface area (TPSA) is 94.4 Å².